The number of hydrogen-bond acceptors (Lipinski definition) is 5. The van der Waals surface area contributed by atoms with Crippen molar-refractivity contribution in [3.05, 3.63) is 40.7 Å². The summed E-state index contributed by atoms with van der Waals surface area (Å²) in [6.45, 7) is 0.691. The van der Waals surface area contributed by atoms with Crippen molar-refractivity contribution in [2.75, 3.05) is 6.61 Å². The van der Waals surface area contributed by atoms with Gasteiger partial charge < -0.3 is 19.0 Å². The average molecular weight is 224 g/mol. The predicted octanol–water partition coefficient (Wildman–Crippen LogP) is 1.16. The Bertz CT molecular complexity index is 434. The van der Waals surface area contributed by atoms with E-state index < -0.39 is 11.2 Å². The number of hydrogen-bond donors (Lipinski definition) is 1. The molecule has 1 aromatic rings. The molecule has 1 aromatic heterocycles. The smallest absolute Gasteiger partial charge is 0.226 e. The molecular formula is C11H12O5. The second-order valence-electron chi connectivity index (χ2n) is 3.47. The molecule has 16 heavy (non-hydrogen) atoms. The number of ether oxygens (including phenoxy) is 2. The SMILES string of the molecule is O=c1cc(COC2CC=COC2)occ1O. The maximum atomic E-state index is 11.1. The monoisotopic (exact) mass is 224 g/mol. The first-order valence-electron chi connectivity index (χ1n) is 4.94. The zero-order valence-electron chi connectivity index (χ0n) is 8.59. The van der Waals surface area contributed by atoms with Gasteiger partial charge in [0.05, 0.1) is 12.4 Å². The van der Waals surface area contributed by atoms with Gasteiger partial charge in [0.15, 0.2) is 5.75 Å². The highest BCUT2D eigenvalue weighted by Gasteiger charge is 2.12. The van der Waals surface area contributed by atoms with E-state index in [0.29, 0.717) is 12.4 Å². The zero-order valence-corrected chi connectivity index (χ0v) is 8.59. The molecular weight excluding hydrogens is 212 g/mol. The Morgan fingerprint density at radius 2 is 2.44 bits per heavy atom. The highest BCUT2D eigenvalue weighted by Crippen LogP contribution is 2.11. The van der Waals surface area contributed by atoms with Crippen molar-refractivity contribution in [3.63, 3.8) is 0 Å². The van der Waals surface area contributed by atoms with Crippen molar-refractivity contribution in [2.45, 2.75) is 19.1 Å². The minimum atomic E-state index is -0.468. The largest absolute Gasteiger partial charge is 0.502 e. The highest BCUT2D eigenvalue weighted by atomic mass is 16.5. The van der Waals surface area contributed by atoms with E-state index >= 15 is 0 Å². The molecule has 5 nitrogen and oxygen atoms in total. The second kappa shape index (κ2) is 4.85. The molecule has 2 rings (SSSR count). The van der Waals surface area contributed by atoms with Crippen LogP contribution < -0.4 is 5.43 Å². The Balaban J connectivity index is 1.91. The Labute approximate surface area is 91.9 Å². The fraction of sp³-hybridized carbons (Fsp3) is 0.364. The molecule has 1 aliphatic heterocycles. The van der Waals surface area contributed by atoms with Crippen molar-refractivity contribution in [3.8, 4) is 5.75 Å². The van der Waals surface area contributed by atoms with E-state index in [9.17, 15) is 4.79 Å². The molecule has 0 spiro atoms. The molecule has 0 fully saturated rings. The molecule has 2 heterocycles. The van der Waals surface area contributed by atoms with Gasteiger partial charge in [-0.05, 0) is 12.5 Å². The van der Waals surface area contributed by atoms with Crippen molar-refractivity contribution >= 4 is 0 Å². The van der Waals surface area contributed by atoms with Crippen molar-refractivity contribution in [1.82, 2.24) is 0 Å². The van der Waals surface area contributed by atoms with E-state index in [1.807, 2.05) is 6.08 Å². The first kappa shape index (κ1) is 10.8. The summed E-state index contributed by atoms with van der Waals surface area (Å²) in [6, 6.07) is 1.22. The summed E-state index contributed by atoms with van der Waals surface area (Å²) < 4.78 is 15.5. The van der Waals surface area contributed by atoms with Crippen LogP contribution in [0.25, 0.3) is 0 Å². The fourth-order valence-electron chi connectivity index (χ4n) is 1.34. The van der Waals surface area contributed by atoms with E-state index in [4.69, 9.17) is 19.0 Å². The normalized spacial score (nSPS) is 19.4. The van der Waals surface area contributed by atoms with E-state index in [1.54, 1.807) is 6.26 Å². The van der Waals surface area contributed by atoms with Gasteiger partial charge in [0.2, 0.25) is 5.43 Å². The minimum absolute atomic E-state index is 0.0240. The first-order valence-corrected chi connectivity index (χ1v) is 4.94. The Morgan fingerprint density at radius 1 is 1.56 bits per heavy atom. The molecule has 0 radical (unpaired) electrons. The maximum absolute atomic E-state index is 11.1. The van der Waals surface area contributed by atoms with Crippen molar-refractivity contribution in [1.29, 1.82) is 0 Å². The zero-order chi connectivity index (χ0) is 11.4. The molecule has 1 atom stereocenters. The minimum Gasteiger partial charge on any atom is -0.502 e. The molecule has 86 valence electrons. The molecule has 0 amide bonds. The van der Waals surface area contributed by atoms with Gasteiger partial charge in [0, 0.05) is 6.07 Å². The molecule has 1 unspecified atom stereocenters. The molecule has 0 saturated carbocycles. The summed E-state index contributed by atoms with van der Waals surface area (Å²) in [5.74, 6) is -0.00923. The summed E-state index contributed by atoms with van der Waals surface area (Å²) in [7, 11) is 0. The van der Waals surface area contributed by atoms with Crippen LogP contribution in [0.3, 0.4) is 0 Å². The van der Waals surface area contributed by atoms with Gasteiger partial charge in [-0.2, -0.15) is 0 Å². The van der Waals surface area contributed by atoms with Gasteiger partial charge in [0.1, 0.15) is 25.2 Å². The molecule has 0 aromatic carbocycles. The lowest BCUT2D eigenvalue weighted by Crippen LogP contribution is -2.20. The second-order valence-corrected chi connectivity index (χ2v) is 3.47. The third-order valence-corrected chi connectivity index (χ3v) is 2.20. The lowest BCUT2D eigenvalue weighted by atomic mass is 10.2. The molecule has 0 aliphatic carbocycles. The predicted molar refractivity (Wildman–Crippen MR) is 54.9 cm³/mol. The van der Waals surface area contributed by atoms with E-state index in [2.05, 4.69) is 0 Å². The molecule has 5 heteroatoms. The Hall–Kier alpha value is -1.75. The van der Waals surface area contributed by atoms with Crippen LogP contribution in [0.4, 0.5) is 0 Å². The Kier molecular flexibility index (Phi) is 3.26. The van der Waals surface area contributed by atoms with E-state index in [-0.39, 0.29) is 12.7 Å². The summed E-state index contributed by atoms with van der Waals surface area (Å²) in [5.41, 5.74) is -0.468. The van der Waals surface area contributed by atoms with Crippen molar-refractivity contribution < 1.29 is 19.0 Å². The van der Waals surface area contributed by atoms with E-state index in [0.717, 1.165) is 12.7 Å². The lowest BCUT2D eigenvalue weighted by molar-refractivity contribution is -0.0147. The molecule has 1 aliphatic rings. The van der Waals surface area contributed by atoms with Crippen LogP contribution in [0.2, 0.25) is 0 Å². The third kappa shape index (κ3) is 2.64. The van der Waals surface area contributed by atoms with Crippen LogP contribution in [0, 0.1) is 0 Å². The van der Waals surface area contributed by atoms with Crippen LogP contribution in [-0.4, -0.2) is 17.8 Å². The summed E-state index contributed by atoms with van der Waals surface area (Å²) in [4.78, 5) is 11.1. The molecule has 1 N–H and O–H groups in total. The lowest BCUT2D eigenvalue weighted by Gasteiger charge is -2.18. The fourth-order valence-corrected chi connectivity index (χ4v) is 1.34. The Morgan fingerprint density at radius 3 is 3.12 bits per heavy atom. The van der Waals surface area contributed by atoms with Gasteiger partial charge in [-0.1, -0.05) is 0 Å². The average Bonchev–Trinajstić information content (AvgIpc) is 2.32. The third-order valence-electron chi connectivity index (χ3n) is 2.20. The quantitative estimate of drug-likeness (QED) is 0.834. The summed E-state index contributed by atoms with van der Waals surface area (Å²) in [6.07, 6.45) is 5.28. The van der Waals surface area contributed by atoms with E-state index in [1.165, 1.54) is 6.07 Å². The topological polar surface area (TPSA) is 68.9 Å². The number of aromatic hydroxyl groups is 1. The number of rotatable bonds is 3. The molecule has 0 saturated heterocycles. The van der Waals surface area contributed by atoms with Gasteiger partial charge in [-0.25, -0.2) is 0 Å². The standard InChI is InChI=1S/C11H12O5/c12-10-4-9(16-7-11(10)13)6-15-8-2-1-3-14-5-8/h1,3-4,7-8,13H,2,5-6H2. The summed E-state index contributed by atoms with van der Waals surface area (Å²) >= 11 is 0. The highest BCUT2D eigenvalue weighted by molar-refractivity contribution is 5.15. The van der Waals surface area contributed by atoms with Gasteiger partial charge in [0.25, 0.3) is 0 Å². The van der Waals surface area contributed by atoms with Crippen molar-refractivity contribution in [2.24, 2.45) is 0 Å². The van der Waals surface area contributed by atoms with Crippen LogP contribution in [-0.2, 0) is 16.1 Å². The maximum Gasteiger partial charge on any atom is 0.226 e. The van der Waals surface area contributed by atoms with Gasteiger partial charge >= 0.3 is 0 Å². The first-order chi connectivity index (χ1) is 7.75. The van der Waals surface area contributed by atoms with Gasteiger partial charge in [-0.15, -0.1) is 0 Å². The molecule has 0 bridgehead atoms. The van der Waals surface area contributed by atoms with Crippen LogP contribution in [0.1, 0.15) is 12.2 Å². The summed E-state index contributed by atoms with van der Waals surface area (Å²) in [5, 5.41) is 8.98. The van der Waals surface area contributed by atoms with Crippen LogP contribution >= 0.6 is 0 Å². The van der Waals surface area contributed by atoms with Gasteiger partial charge in [-0.3, -0.25) is 4.79 Å². The van der Waals surface area contributed by atoms with Crippen LogP contribution in [0.15, 0.2) is 33.9 Å². The van der Waals surface area contributed by atoms with Crippen LogP contribution in [0.5, 0.6) is 5.75 Å².